The van der Waals surface area contributed by atoms with Gasteiger partial charge in [-0.1, -0.05) is 0 Å². The first kappa shape index (κ1) is 14.5. The normalized spacial score (nSPS) is 28.7. The fourth-order valence-electron chi connectivity index (χ4n) is 3.39. The Bertz CT molecular complexity index is 508. The highest BCUT2D eigenvalue weighted by atomic mass is 16.6. The Balaban J connectivity index is 1.58. The number of likely N-dealkylation sites (tertiary alicyclic amines) is 1. The summed E-state index contributed by atoms with van der Waals surface area (Å²) in [5.41, 5.74) is 0.702. The second-order valence-electron chi connectivity index (χ2n) is 5.99. The predicted molar refractivity (Wildman–Crippen MR) is 76.9 cm³/mol. The number of amides is 1. The molecule has 6 nitrogen and oxygen atoms in total. The van der Waals surface area contributed by atoms with E-state index in [2.05, 4.69) is 5.10 Å². The largest absolute Gasteiger partial charge is 0.377 e. The van der Waals surface area contributed by atoms with Gasteiger partial charge in [0.25, 0.3) is 0 Å². The first-order valence-corrected chi connectivity index (χ1v) is 7.57. The molecule has 1 amide bonds. The molecule has 2 saturated heterocycles. The monoisotopic (exact) mass is 293 g/mol. The van der Waals surface area contributed by atoms with Gasteiger partial charge in [0.1, 0.15) is 11.7 Å². The first-order chi connectivity index (χ1) is 10.1. The number of rotatable bonds is 4. The lowest BCUT2D eigenvalue weighted by Crippen LogP contribution is -2.42. The average Bonchev–Trinajstić information content (AvgIpc) is 3.18. The van der Waals surface area contributed by atoms with Crippen LogP contribution in [0.3, 0.4) is 0 Å². The number of hydrogen-bond donors (Lipinski definition) is 0. The molecule has 3 rings (SSSR count). The molecular weight excluding hydrogens is 270 g/mol. The van der Waals surface area contributed by atoms with Crippen LogP contribution in [0.5, 0.6) is 0 Å². The van der Waals surface area contributed by atoms with Gasteiger partial charge in [-0.2, -0.15) is 5.10 Å². The van der Waals surface area contributed by atoms with Gasteiger partial charge in [-0.25, -0.2) is 0 Å². The number of carbonyl (C=O) groups is 1. The van der Waals surface area contributed by atoms with Gasteiger partial charge in [-0.15, -0.1) is 0 Å². The van der Waals surface area contributed by atoms with Crippen LogP contribution in [0.15, 0.2) is 12.3 Å². The van der Waals surface area contributed by atoms with Crippen molar-refractivity contribution in [2.75, 3.05) is 26.8 Å². The van der Waals surface area contributed by atoms with Gasteiger partial charge < -0.3 is 14.4 Å². The van der Waals surface area contributed by atoms with E-state index in [1.54, 1.807) is 7.11 Å². The summed E-state index contributed by atoms with van der Waals surface area (Å²) in [6.07, 6.45) is 4.40. The molecule has 2 atom stereocenters. The van der Waals surface area contributed by atoms with Crippen molar-refractivity contribution in [3.8, 4) is 0 Å². The molecule has 0 bridgehead atoms. The van der Waals surface area contributed by atoms with Crippen LogP contribution in [0, 0.1) is 6.92 Å². The maximum atomic E-state index is 12.4. The number of aryl methyl sites for hydroxylation is 2. The molecule has 0 radical (unpaired) electrons. The van der Waals surface area contributed by atoms with E-state index in [1.807, 2.05) is 28.8 Å². The minimum absolute atomic E-state index is 0.00380. The van der Waals surface area contributed by atoms with E-state index in [0.29, 0.717) is 26.1 Å². The minimum Gasteiger partial charge on any atom is -0.377 e. The highest BCUT2D eigenvalue weighted by molar-refractivity contribution is 5.76. The number of nitrogens with zero attached hydrogens (tertiary/aromatic N) is 3. The van der Waals surface area contributed by atoms with Gasteiger partial charge in [0.05, 0.1) is 12.2 Å². The van der Waals surface area contributed by atoms with Crippen molar-refractivity contribution < 1.29 is 14.3 Å². The summed E-state index contributed by atoms with van der Waals surface area (Å²) >= 11 is 0. The Morgan fingerprint density at radius 2 is 2.48 bits per heavy atom. The molecule has 116 valence electrons. The molecule has 1 spiro atoms. The number of hydrogen-bond acceptors (Lipinski definition) is 4. The molecule has 0 N–H and O–H groups in total. The summed E-state index contributed by atoms with van der Waals surface area (Å²) in [6.45, 7) is 4.63. The Kier molecular flexibility index (Phi) is 3.99. The van der Waals surface area contributed by atoms with Crippen molar-refractivity contribution in [1.82, 2.24) is 14.7 Å². The Morgan fingerprint density at radius 1 is 1.62 bits per heavy atom. The highest BCUT2D eigenvalue weighted by Gasteiger charge is 2.51. The number of methoxy groups -OCH3 is 1. The maximum absolute atomic E-state index is 12.4. The second-order valence-corrected chi connectivity index (χ2v) is 5.99. The van der Waals surface area contributed by atoms with Crippen LogP contribution in [0.1, 0.15) is 25.0 Å². The molecule has 0 aliphatic carbocycles. The smallest absolute Gasteiger partial charge is 0.224 e. The third-order valence-electron chi connectivity index (χ3n) is 4.53. The molecule has 2 fully saturated rings. The molecule has 0 aromatic carbocycles. The van der Waals surface area contributed by atoms with Crippen LogP contribution in [-0.2, 0) is 20.8 Å². The molecule has 21 heavy (non-hydrogen) atoms. The molecular formula is C15H23N3O3. The fraction of sp³-hybridized carbons (Fsp3) is 0.733. The van der Waals surface area contributed by atoms with Crippen molar-refractivity contribution in [2.45, 2.75) is 44.4 Å². The fourth-order valence-corrected chi connectivity index (χ4v) is 3.39. The van der Waals surface area contributed by atoms with Crippen LogP contribution in [0.2, 0.25) is 0 Å². The summed E-state index contributed by atoms with van der Waals surface area (Å²) in [4.78, 5) is 14.3. The van der Waals surface area contributed by atoms with Crippen LogP contribution >= 0.6 is 0 Å². The molecule has 1 aromatic heterocycles. The quantitative estimate of drug-likeness (QED) is 0.830. The summed E-state index contributed by atoms with van der Waals surface area (Å²) in [7, 11) is 1.70. The van der Waals surface area contributed by atoms with E-state index in [4.69, 9.17) is 9.47 Å². The summed E-state index contributed by atoms with van der Waals surface area (Å²) in [5.74, 6) is 0.151. The Hall–Kier alpha value is -1.40. The Morgan fingerprint density at radius 3 is 3.10 bits per heavy atom. The summed E-state index contributed by atoms with van der Waals surface area (Å²) in [5, 5.41) is 4.31. The van der Waals surface area contributed by atoms with E-state index in [0.717, 1.165) is 25.1 Å². The van der Waals surface area contributed by atoms with E-state index in [1.165, 1.54) is 0 Å². The molecule has 6 heteroatoms. The minimum atomic E-state index is -0.271. The molecule has 2 aliphatic rings. The van der Waals surface area contributed by atoms with Crippen LogP contribution < -0.4 is 0 Å². The van der Waals surface area contributed by atoms with Gasteiger partial charge in [-0.3, -0.25) is 9.48 Å². The van der Waals surface area contributed by atoms with E-state index >= 15 is 0 Å². The van der Waals surface area contributed by atoms with Gasteiger partial charge in [0.2, 0.25) is 5.91 Å². The highest BCUT2D eigenvalue weighted by Crippen LogP contribution is 2.36. The lowest BCUT2D eigenvalue weighted by molar-refractivity contribution is -0.131. The van der Waals surface area contributed by atoms with E-state index in [9.17, 15) is 4.79 Å². The molecule has 0 unspecified atom stereocenters. The van der Waals surface area contributed by atoms with Gasteiger partial charge in [0.15, 0.2) is 0 Å². The Labute approximate surface area is 125 Å². The van der Waals surface area contributed by atoms with E-state index < -0.39 is 0 Å². The van der Waals surface area contributed by atoms with E-state index in [-0.39, 0.29) is 17.6 Å². The number of ether oxygens (including phenoxy) is 2. The summed E-state index contributed by atoms with van der Waals surface area (Å²) in [6, 6.07) is 1.95. The van der Waals surface area contributed by atoms with Crippen LogP contribution in [-0.4, -0.2) is 59.1 Å². The third kappa shape index (κ3) is 2.82. The van der Waals surface area contributed by atoms with Crippen molar-refractivity contribution >= 4 is 5.91 Å². The second kappa shape index (κ2) is 5.77. The topological polar surface area (TPSA) is 56.6 Å². The molecule has 2 aliphatic heterocycles. The zero-order valence-corrected chi connectivity index (χ0v) is 12.7. The molecule has 3 heterocycles. The zero-order valence-electron chi connectivity index (χ0n) is 12.7. The SMILES string of the molecule is CO[C@H]1CN(C(=O)CCn2ccc(C)n2)C[C@@]12CCCO2. The lowest BCUT2D eigenvalue weighted by Gasteiger charge is -2.27. The maximum Gasteiger partial charge on any atom is 0.224 e. The van der Waals surface area contributed by atoms with Gasteiger partial charge in [-0.05, 0) is 25.8 Å². The third-order valence-corrected chi connectivity index (χ3v) is 4.53. The van der Waals surface area contributed by atoms with Gasteiger partial charge >= 0.3 is 0 Å². The van der Waals surface area contributed by atoms with Gasteiger partial charge in [0, 0.05) is 39.4 Å². The first-order valence-electron chi connectivity index (χ1n) is 7.57. The number of aromatic nitrogens is 2. The van der Waals surface area contributed by atoms with Crippen molar-refractivity contribution in [1.29, 1.82) is 0 Å². The standard InChI is InChI=1S/C15H23N3O3/c1-12-4-7-18(16-12)8-5-14(19)17-10-13(20-2)15(11-17)6-3-9-21-15/h4,7,13H,3,5-6,8-11H2,1-2H3/t13-,15-/m0/s1. The zero-order chi connectivity index (χ0) is 14.9. The molecule has 1 aromatic rings. The van der Waals surface area contributed by atoms with Crippen molar-refractivity contribution in [2.24, 2.45) is 0 Å². The lowest BCUT2D eigenvalue weighted by atomic mass is 9.96. The number of carbonyl (C=O) groups excluding carboxylic acids is 1. The molecule has 0 saturated carbocycles. The summed E-state index contributed by atoms with van der Waals surface area (Å²) < 4.78 is 13.3. The van der Waals surface area contributed by atoms with Crippen LogP contribution in [0.4, 0.5) is 0 Å². The van der Waals surface area contributed by atoms with Crippen LogP contribution in [0.25, 0.3) is 0 Å². The average molecular weight is 293 g/mol. The predicted octanol–water partition coefficient (Wildman–Crippen LogP) is 0.988. The van der Waals surface area contributed by atoms with Crippen molar-refractivity contribution in [3.63, 3.8) is 0 Å². The van der Waals surface area contributed by atoms with Crippen molar-refractivity contribution in [3.05, 3.63) is 18.0 Å².